The zero-order valence-corrected chi connectivity index (χ0v) is 14.5. The number of alkyl halides is 2. The Balaban J connectivity index is 2.30. The van der Waals surface area contributed by atoms with E-state index in [0.29, 0.717) is 16.9 Å². The summed E-state index contributed by atoms with van der Waals surface area (Å²) in [6.07, 6.45) is 2.88. The van der Waals surface area contributed by atoms with Crippen LogP contribution in [0.5, 0.6) is 23.0 Å². The molecule has 2 aromatic carbocycles. The second-order valence-electron chi connectivity index (χ2n) is 5.06. The van der Waals surface area contributed by atoms with Crippen LogP contribution in [0.1, 0.15) is 15.9 Å². The molecule has 0 saturated carbocycles. The molecule has 0 atom stereocenters. The van der Waals surface area contributed by atoms with Crippen molar-refractivity contribution in [3.63, 3.8) is 0 Å². The summed E-state index contributed by atoms with van der Waals surface area (Å²) in [6.45, 7) is -3.02. The van der Waals surface area contributed by atoms with Crippen LogP contribution in [0.3, 0.4) is 0 Å². The fraction of sp³-hybridized carbons (Fsp3) is 0.211. The zero-order valence-electron chi connectivity index (χ0n) is 14.5. The van der Waals surface area contributed by atoms with Gasteiger partial charge in [0, 0.05) is 5.56 Å². The van der Waals surface area contributed by atoms with E-state index in [9.17, 15) is 13.6 Å². The van der Waals surface area contributed by atoms with Gasteiger partial charge in [0.05, 0.1) is 21.3 Å². The van der Waals surface area contributed by atoms with Crippen molar-refractivity contribution in [1.29, 1.82) is 0 Å². The summed E-state index contributed by atoms with van der Waals surface area (Å²) in [5.74, 6) is 0.258. The van der Waals surface area contributed by atoms with Crippen molar-refractivity contribution in [3.8, 4) is 23.0 Å². The summed E-state index contributed by atoms with van der Waals surface area (Å²) in [6, 6.07) is 9.66. The molecule has 2 rings (SSSR count). The second kappa shape index (κ2) is 8.84. The van der Waals surface area contributed by atoms with Crippen LogP contribution in [0.15, 0.2) is 42.5 Å². The number of carbonyl (C=O) groups excluding carboxylic acids is 1. The first-order valence-corrected chi connectivity index (χ1v) is 7.55. The summed E-state index contributed by atoms with van der Waals surface area (Å²) >= 11 is 0. The number of hydrogen-bond donors (Lipinski definition) is 0. The fourth-order valence-electron chi connectivity index (χ4n) is 2.25. The van der Waals surface area contributed by atoms with Crippen molar-refractivity contribution >= 4 is 11.9 Å². The van der Waals surface area contributed by atoms with Gasteiger partial charge in [-0.3, -0.25) is 4.79 Å². The quantitative estimate of drug-likeness (QED) is 0.519. The standard InChI is InChI=1S/C19H18F2O5/c1-23-14-6-4-5-13(11-14)15(22)8-7-12-9-16(24-2)18(26-19(20)21)17(10-12)25-3/h4-11,19H,1-3H3/b8-7+. The third-order valence-corrected chi connectivity index (χ3v) is 3.47. The van der Waals surface area contributed by atoms with Gasteiger partial charge in [-0.2, -0.15) is 8.78 Å². The van der Waals surface area contributed by atoms with E-state index in [-0.39, 0.29) is 23.0 Å². The van der Waals surface area contributed by atoms with E-state index in [0.717, 1.165) is 0 Å². The Bertz CT molecular complexity index is 777. The molecule has 0 radical (unpaired) electrons. The van der Waals surface area contributed by atoms with E-state index in [1.807, 2.05) is 0 Å². The molecule has 0 aliphatic heterocycles. The number of ether oxygens (including phenoxy) is 4. The summed E-state index contributed by atoms with van der Waals surface area (Å²) in [5, 5.41) is 0. The average Bonchev–Trinajstić information content (AvgIpc) is 2.66. The predicted molar refractivity (Wildman–Crippen MR) is 92.5 cm³/mol. The van der Waals surface area contributed by atoms with E-state index in [2.05, 4.69) is 4.74 Å². The summed E-state index contributed by atoms with van der Waals surface area (Å²) in [7, 11) is 4.16. The first-order valence-electron chi connectivity index (χ1n) is 7.55. The van der Waals surface area contributed by atoms with Gasteiger partial charge in [-0.1, -0.05) is 18.2 Å². The molecule has 2 aromatic rings. The highest BCUT2D eigenvalue weighted by Gasteiger charge is 2.17. The van der Waals surface area contributed by atoms with E-state index < -0.39 is 6.61 Å². The zero-order chi connectivity index (χ0) is 19.1. The van der Waals surface area contributed by atoms with Crippen LogP contribution in [0.4, 0.5) is 8.78 Å². The third-order valence-electron chi connectivity index (χ3n) is 3.47. The minimum absolute atomic E-state index is 0.0677. The Morgan fingerprint density at radius 3 is 2.19 bits per heavy atom. The monoisotopic (exact) mass is 364 g/mol. The molecule has 26 heavy (non-hydrogen) atoms. The van der Waals surface area contributed by atoms with E-state index >= 15 is 0 Å². The molecule has 5 nitrogen and oxygen atoms in total. The fourth-order valence-corrected chi connectivity index (χ4v) is 2.25. The largest absolute Gasteiger partial charge is 0.497 e. The molecule has 0 unspecified atom stereocenters. The summed E-state index contributed by atoms with van der Waals surface area (Å²) in [4.78, 5) is 12.3. The van der Waals surface area contributed by atoms with Gasteiger partial charge in [-0.05, 0) is 35.9 Å². The predicted octanol–water partition coefficient (Wildman–Crippen LogP) is 4.21. The molecule has 0 saturated heterocycles. The molecule has 0 spiro atoms. The highest BCUT2D eigenvalue weighted by Crippen LogP contribution is 2.39. The van der Waals surface area contributed by atoms with Crippen LogP contribution >= 0.6 is 0 Å². The SMILES string of the molecule is COc1cccc(C(=O)/C=C/c2cc(OC)c(OC(F)F)c(OC)c2)c1. The molecule has 0 heterocycles. The number of allylic oxidation sites excluding steroid dienone is 1. The lowest BCUT2D eigenvalue weighted by atomic mass is 10.1. The van der Waals surface area contributed by atoms with E-state index in [4.69, 9.17) is 14.2 Å². The number of rotatable bonds is 8. The first kappa shape index (κ1) is 19.2. The first-order chi connectivity index (χ1) is 12.5. The van der Waals surface area contributed by atoms with Gasteiger partial charge in [-0.15, -0.1) is 0 Å². The number of carbonyl (C=O) groups is 1. The van der Waals surface area contributed by atoms with Gasteiger partial charge in [0.1, 0.15) is 5.75 Å². The number of methoxy groups -OCH3 is 3. The van der Waals surface area contributed by atoms with Gasteiger partial charge in [0.15, 0.2) is 17.3 Å². The van der Waals surface area contributed by atoms with Gasteiger partial charge in [0.2, 0.25) is 5.75 Å². The second-order valence-corrected chi connectivity index (χ2v) is 5.06. The van der Waals surface area contributed by atoms with Crippen LogP contribution in [-0.4, -0.2) is 33.7 Å². The topological polar surface area (TPSA) is 54.0 Å². The Kier molecular flexibility index (Phi) is 6.54. The van der Waals surface area contributed by atoms with Crippen LogP contribution < -0.4 is 18.9 Å². The number of benzene rings is 2. The smallest absolute Gasteiger partial charge is 0.387 e. The third kappa shape index (κ3) is 4.72. The lowest BCUT2D eigenvalue weighted by Gasteiger charge is -2.14. The minimum Gasteiger partial charge on any atom is -0.497 e. The highest BCUT2D eigenvalue weighted by atomic mass is 19.3. The summed E-state index contributed by atoms with van der Waals surface area (Å²) in [5.41, 5.74) is 0.980. The van der Waals surface area contributed by atoms with Gasteiger partial charge in [0.25, 0.3) is 0 Å². The van der Waals surface area contributed by atoms with Gasteiger partial charge < -0.3 is 18.9 Å². The number of ketones is 1. The van der Waals surface area contributed by atoms with Crippen molar-refractivity contribution in [1.82, 2.24) is 0 Å². The molecule has 0 aliphatic rings. The van der Waals surface area contributed by atoms with Gasteiger partial charge >= 0.3 is 6.61 Å². The Hall–Kier alpha value is -3.09. The molecule has 0 bridgehead atoms. The molecule has 0 aliphatic carbocycles. The Morgan fingerprint density at radius 2 is 1.65 bits per heavy atom. The highest BCUT2D eigenvalue weighted by molar-refractivity contribution is 6.07. The molecule has 7 heteroatoms. The van der Waals surface area contributed by atoms with Crippen LogP contribution in [0, 0.1) is 0 Å². The maximum absolute atomic E-state index is 12.6. The molecule has 0 aromatic heterocycles. The maximum Gasteiger partial charge on any atom is 0.387 e. The Morgan fingerprint density at radius 1 is 1.00 bits per heavy atom. The normalized spacial score (nSPS) is 10.8. The van der Waals surface area contributed by atoms with Crippen LogP contribution in [0.25, 0.3) is 6.08 Å². The maximum atomic E-state index is 12.6. The molecular formula is C19H18F2O5. The summed E-state index contributed by atoms with van der Waals surface area (Å²) < 4.78 is 44.8. The van der Waals surface area contributed by atoms with Crippen molar-refractivity contribution in [2.24, 2.45) is 0 Å². The van der Waals surface area contributed by atoms with Crippen molar-refractivity contribution < 1.29 is 32.5 Å². The van der Waals surface area contributed by atoms with E-state index in [1.165, 1.54) is 45.6 Å². The number of halogens is 2. The minimum atomic E-state index is -3.02. The molecular weight excluding hydrogens is 346 g/mol. The van der Waals surface area contributed by atoms with Crippen molar-refractivity contribution in [2.45, 2.75) is 6.61 Å². The number of hydrogen-bond acceptors (Lipinski definition) is 5. The van der Waals surface area contributed by atoms with Gasteiger partial charge in [-0.25, -0.2) is 0 Å². The molecule has 0 amide bonds. The average molecular weight is 364 g/mol. The van der Waals surface area contributed by atoms with Crippen molar-refractivity contribution in [2.75, 3.05) is 21.3 Å². The Labute approximate surface area is 149 Å². The van der Waals surface area contributed by atoms with Crippen molar-refractivity contribution in [3.05, 3.63) is 53.6 Å². The molecule has 0 N–H and O–H groups in total. The molecule has 138 valence electrons. The lowest BCUT2D eigenvalue weighted by molar-refractivity contribution is -0.0526. The van der Waals surface area contributed by atoms with Crippen LogP contribution in [0.2, 0.25) is 0 Å². The van der Waals surface area contributed by atoms with Crippen LogP contribution in [-0.2, 0) is 0 Å². The van der Waals surface area contributed by atoms with E-state index in [1.54, 1.807) is 24.3 Å². The molecule has 0 fully saturated rings. The lowest BCUT2D eigenvalue weighted by Crippen LogP contribution is -2.05.